The first-order chi connectivity index (χ1) is 5.72. The molecule has 4 N–H and O–H groups in total. The van der Waals surface area contributed by atoms with Crippen molar-refractivity contribution in [2.45, 2.75) is 26.2 Å². The SMILES string of the molecule is CC1CCC(CNC(=S)NN)C1. The highest BCUT2D eigenvalue weighted by molar-refractivity contribution is 7.80. The summed E-state index contributed by atoms with van der Waals surface area (Å²) in [6, 6.07) is 0. The average molecular weight is 187 g/mol. The van der Waals surface area contributed by atoms with Crippen molar-refractivity contribution in [2.24, 2.45) is 17.7 Å². The highest BCUT2D eigenvalue weighted by atomic mass is 32.1. The molecule has 0 aromatic carbocycles. The second kappa shape index (κ2) is 4.62. The molecule has 1 rings (SSSR count). The number of rotatable bonds is 2. The lowest BCUT2D eigenvalue weighted by Gasteiger charge is -2.11. The smallest absolute Gasteiger partial charge is 0.180 e. The number of thiocarbonyl (C=S) groups is 1. The maximum absolute atomic E-state index is 5.13. The quantitative estimate of drug-likeness (QED) is 0.339. The summed E-state index contributed by atoms with van der Waals surface area (Å²) in [5.41, 5.74) is 2.42. The van der Waals surface area contributed by atoms with E-state index in [9.17, 15) is 0 Å². The lowest BCUT2D eigenvalue weighted by atomic mass is 10.1. The van der Waals surface area contributed by atoms with Crippen LogP contribution in [0.4, 0.5) is 0 Å². The van der Waals surface area contributed by atoms with Crippen molar-refractivity contribution in [3.63, 3.8) is 0 Å². The Bertz CT molecular complexity index is 160. The fraction of sp³-hybridized carbons (Fsp3) is 0.875. The number of nitrogens with one attached hydrogen (secondary N) is 2. The Kier molecular flexibility index (Phi) is 3.75. The van der Waals surface area contributed by atoms with Gasteiger partial charge in [0.1, 0.15) is 0 Å². The zero-order chi connectivity index (χ0) is 8.97. The molecule has 0 aromatic rings. The van der Waals surface area contributed by atoms with Crippen LogP contribution in [-0.2, 0) is 0 Å². The molecule has 1 aliphatic carbocycles. The molecule has 2 unspecified atom stereocenters. The standard InChI is InChI=1S/C8H17N3S/c1-6-2-3-7(4-6)5-10-8(12)11-9/h6-7H,2-5,9H2,1H3,(H2,10,11,12). The predicted molar refractivity (Wildman–Crippen MR) is 54.4 cm³/mol. The van der Waals surface area contributed by atoms with Crippen molar-refractivity contribution in [2.75, 3.05) is 6.54 Å². The van der Waals surface area contributed by atoms with Crippen molar-refractivity contribution in [1.29, 1.82) is 0 Å². The number of hydrazine groups is 1. The van der Waals surface area contributed by atoms with Gasteiger partial charge in [-0.1, -0.05) is 13.3 Å². The van der Waals surface area contributed by atoms with Gasteiger partial charge >= 0.3 is 0 Å². The Labute approximate surface area is 79.1 Å². The van der Waals surface area contributed by atoms with E-state index < -0.39 is 0 Å². The third-order valence-electron chi connectivity index (χ3n) is 2.49. The fourth-order valence-corrected chi connectivity index (χ4v) is 1.88. The largest absolute Gasteiger partial charge is 0.361 e. The van der Waals surface area contributed by atoms with Gasteiger partial charge in [-0.2, -0.15) is 0 Å². The van der Waals surface area contributed by atoms with E-state index in [0.29, 0.717) is 5.11 Å². The summed E-state index contributed by atoms with van der Waals surface area (Å²) in [4.78, 5) is 0. The molecular weight excluding hydrogens is 170 g/mol. The third-order valence-corrected chi connectivity index (χ3v) is 2.75. The maximum Gasteiger partial charge on any atom is 0.180 e. The van der Waals surface area contributed by atoms with E-state index >= 15 is 0 Å². The van der Waals surface area contributed by atoms with E-state index in [1.54, 1.807) is 0 Å². The molecule has 0 spiro atoms. The zero-order valence-corrected chi connectivity index (χ0v) is 8.29. The highest BCUT2D eigenvalue weighted by Crippen LogP contribution is 2.29. The van der Waals surface area contributed by atoms with E-state index in [2.05, 4.69) is 17.7 Å². The molecule has 1 aliphatic rings. The summed E-state index contributed by atoms with van der Waals surface area (Å²) in [5, 5.41) is 3.64. The lowest BCUT2D eigenvalue weighted by molar-refractivity contribution is 0.505. The number of nitrogens with two attached hydrogens (primary N) is 1. The number of hydrogen-bond acceptors (Lipinski definition) is 2. The molecule has 70 valence electrons. The van der Waals surface area contributed by atoms with Crippen LogP contribution >= 0.6 is 12.2 Å². The van der Waals surface area contributed by atoms with Gasteiger partial charge in [0.05, 0.1) is 0 Å². The minimum absolute atomic E-state index is 0.551. The minimum Gasteiger partial charge on any atom is -0.361 e. The van der Waals surface area contributed by atoms with Crippen LogP contribution in [0.2, 0.25) is 0 Å². The molecule has 2 atom stereocenters. The predicted octanol–water partition coefficient (Wildman–Crippen LogP) is 0.760. The first-order valence-electron chi connectivity index (χ1n) is 4.46. The molecular formula is C8H17N3S. The molecule has 0 radical (unpaired) electrons. The molecule has 0 aromatic heterocycles. The summed E-state index contributed by atoms with van der Waals surface area (Å²) >= 11 is 4.87. The van der Waals surface area contributed by atoms with Gasteiger partial charge in [0.25, 0.3) is 0 Å². The summed E-state index contributed by atoms with van der Waals surface area (Å²) < 4.78 is 0. The van der Waals surface area contributed by atoms with E-state index in [4.69, 9.17) is 18.1 Å². The van der Waals surface area contributed by atoms with E-state index in [1.807, 2.05) is 0 Å². The molecule has 0 heterocycles. The zero-order valence-electron chi connectivity index (χ0n) is 7.47. The lowest BCUT2D eigenvalue weighted by Crippen LogP contribution is -2.41. The second-order valence-electron chi connectivity index (χ2n) is 3.64. The first-order valence-corrected chi connectivity index (χ1v) is 4.87. The molecule has 0 aliphatic heterocycles. The van der Waals surface area contributed by atoms with Crippen molar-refractivity contribution in [3.8, 4) is 0 Å². The first kappa shape index (κ1) is 9.74. The average Bonchev–Trinajstić information content (AvgIpc) is 2.47. The minimum atomic E-state index is 0.551. The molecule has 0 bridgehead atoms. The Morgan fingerprint density at radius 3 is 2.83 bits per heavy atom. The van der Waals surface area contributed by atoms with Gasteiger partial charge in [-0.05, 0) is 36.9 Å². The van der Waals surface area contributed by atoms with E-state index in [1.165, 1.54) is 19.3 Å². The molecule has 0 saturated heterocycles. The third kappa shape index (κ3) is 2.95. The van der Waals surface area contributed by atoms with E-state index in [0.717, 1.165) is 18.4 Å². The van der Waals surface area contributed by atoms with Crippen molar-refractivity contribution in [3.05, 3.63) is 0 Å². The van der Waals surface area contributed by atoms with Crippen LogP contribution in [0.15, 0.2) is 0 Å². The fourth-order valence-electron chi connectivity index (χ4n) is 1.80. The second-order valence-corrected chi connectivity index (χ2v) is 4.05. The van der Waals surface area contributed by atoms with Crippen molar-refractivity contribution >= 4 is 17.3 Å². The van der Waals surface area contributed by atoms with Gasteiger partial charge in [0, 0.05) is 6.54 Å². The Hall–Kier alpha value is -0.350. The van der Waals surface area contributed by atoms with Crippen LogP contribution < -0.4 is 16.6 Å². The van der Waals surface area contributed by atoms with Crippen LogP contribution in [0.3, 0.4) is 0 Å². The summed E-state index contributed by atoms with van der Waals surface area (Å²) in [6.45, 7) is 3.27. The monoisotopic (exact) mass is 187 g/mol. The molecule has 4 heteroatoms. The molecule has 3 nitrogen and oxygen atoms in total. The summed E-state index contributed by atoms with van der Waals surface area (Å²) in [6.07, 6.45) is 4.00. The maximum atomic E-state index is 5.13. The molecule has 1 saturated carbocycles. The molecule has 1 fully saturated rings. The number of hydrogen-bond donors (Lipinski definition) is 3. The van der Waals surface area contributed by atoms with Crippen molar-refractivity contribution in [1.82, 2.24) is 10.7 Å². The highest BCUT2D eigenvalue weighted by Gasteiger charge is 2.20. The van der Waals surface area contributed by atoms with Crippen LogP contribution in [0.1, 0.15) is 26.2 Å². The van der Waals surface area contributed by atoms with Crippen LogP contribution in [-0.4, -0.2) is 11.7 Å². The van der Waals surface area contributed by atoms with Crippen molar-refractivity contribution < 1.29 is 0 Å². The van der Waals surface area contributed by atoms with Gasteiger partial charge in [0.15, 0.2) is 5.11 Å². The van der Waals surface area contributed by atoms with Gasteiger partial charge in [-0.15, -0.1) is 0 Å². The summed E-state index contributed by atoms with van der Waals surface area (Å²) in [7, 11) is 0. The Morgan fingerprint density at radius 1 is 1.58 bits per heavy atom. The normalized spacial score (nSPS) is 28.5. The Morgan fingerprint density at radius 2 is 2.33 bits per heavy atom. The van der Waals surface area contributed by atoms with Gasteiger partial charge in [-0.3, -0.25) is 0 Å². The van der Waals surface area contributed by atoms with E-state index in [-0.39, 0.29) is 0 Å². The Balaban J connectivity index is 2.11. The molecule has 0 amide bonds. The summed E-state index contributed by atoms with van der Waals surface area (Å²) in [5.74, 6) is 6.80. The topological polar surface area (TPSA) is 50.1 Å². The molecule has 12 heavy (non-hydrogen) atoms. The van der Waals surface area contributed by atoms with Crippen LogP contribution in [0, 0.1) is 11.8 Å². The van der Waals surface area contributed by atoms with Gasteiger partial charge in [-0.25, -0.2) is 5.84 Å². The van der Waals surface area contributed by atoms with Gasteiger partial charge < -0.3 is 10.7 Å². The van der Waals surface area contributed by atoms with Crippen LogP contribution in [0.25, 0.3) is 0 Å². The van der Waals surface area contributed by atoms with Crippen LogP contribution in [0.5, 0.6) is 0 Å². The van der Waals surface area contributed by atoms with Gasteiger partial charge in [0.2, 0.25) is 0 Å².